The van der Waals surface area contributed by atoms with Crippen molar-refractivity contribution >= 4 is 49.9 Å². The third kappa shape index (κ3) is 11.4. The Labute approximate surface area is 193 Å². The molecule has 2 aromatic rings. The second-order valence-corrected chi connectivity index (χ2v) is 9.89. The van der Waals surface area contributed by atoms with Crippen LogP contribution >= 0.6 is 28.3 Å². The molecule has 0 aliphatic carbocycles. The molecule has 0 saturated carbocycles. The highest BCUT2D eigenvalue weighted by molar-refractivity contribution is 9.10. The summed E-state index contributed by atoms with van der Waals surface area (Å²) < 4.78 is 19.0. The van der Waals surface area contributed by atoms with Crippen LogP contribution in [0.5, 0.6) is 5.75 Å². The van der Waals surface area contributed by atoms with Gasteiger partial charge in [-0.25, -0.2) is 0 Å². The van der Waals surface area contributed by atoms with Gasteiger partial charge in [0, 0.05) is 26.8 Å². The molecule has 1 unspecified atom stereocenters. The van der Waals surface area contributed by atoms with Gasteiger partial charge in [-0.3, -0.25) is 4.21 Å². The van der Waals surface area contributed by atoms with E-state index in [1.165, 1.54) is 30.0 Å². The summed E-state index contributed by atoms with van der Waals surface area (Å²) in [6.45, 7) is 1.84. The van der Waals surface area contributed by atoms with Gasteiger partial charge in [-0.2, -0.15) is 0 Å². The van der Waals surface area contributed by atoms with Crippen LogP contribution < -0.4 is 10.1 Å². The van der Waals surface area contributed by atoms with Crippen LogP contribution in [0.3, 0.4) is 0 Å². The Balaban J connectivity index is 0.00000420. The maximum Gasteiger partial charge on any atom is 0.119 e. The summed E-state index contributed by atoms with van der Waals surface area (Å²) in [6, 6.07) is 12.5. The lowest BCUT2D eigenvalue weighted by atomic mass is 10.1. The molecule has 0 saturated heterocycles. The lowest BCUT2D eigenvalue weighted by molar-refractivity contribution is 0.305. The molecule has 0 aromatic heterocycles. The highest BCUT2D eigenvalue weighted by Gasteiger charge is 2.01. The molecule has 1 N–H and O–H groups in total. The van der Waals surface area contributed by atoms with Crippen molar-refractivity contribution in [3.8, 4) is 5.75 Å². The maximum absolute atomic E-state index is 12.0. The molecule has 1 atom stereocenters. The molecule has 29 heavy (non-hydrogen) atoms. The molecule has 0 heterocycles. The maximum atomic E-state index is 12.0. The first kappa shape index (κ1) is 26.4. The van der Waals surface area contributed by atoms with Gasteiger partial charge in [0.1, 0.15) is 5.75 Å². The molecule has 0 spiro atoms. The van der Waals surface area contributed by atoms with Gasteiger partial charge >= 0.3 is 0 Å². The summed E-state index contributed by atoms with van der Waals surface area (Å²) in [5.41, 5.74) is 0. The van der Waals surface area contributed by atoms with Gasteiger partial charge in [-0.1, -0.05) is 53.7 Å². The first-order valence-electron chi connectivity index (χ1n) is 10.5. The first-order valence-corrected chi connectivity index (χ1v) is 12.8. The number of benzene rings is 2. The van der Waals surface area contributed by atoms with Crippen molar-refractivity contribution in [1.82, 2.24) is 5.32 Å². The zero-order valence-corrected chi connectivity index (χ0v) is 20.7. The molecular weight excluding hydrogens is 470 g/mol. The van der Waals surface area contributed by atoms with Gasteiger partial charge < -0.3 is 10.1 Å². The fourth-order valence-corrected chi connectivity index (χ4v) is 4.85. The fraction of sp³-hybridized carbons (Fsp3) is 0.565. The number of ether oxygens (including phenoxy) is 1. The lowest BCUT2D eigenvalue weighted by Crippen LogP contribution is -2.07. The summed E-state index contributed by atoms with van der Waals surface area (Å²) in [5.74, 6) is 2.67. The van der Waals surface area contributed by atoms with Crippen LogP contribution in [0.25, 0.3) is 10.8 Å². The smallest absolute Gasteiger partial charge is 0.119 e. The Hall–Kier alpha value is -0.620. The Bertz CT molecular complexity index is 729. The molecule has 0 amide bonds. The van der Waals surface area contributed by atoms with E-state index in [4.69, 9.17) is 4.74 Å². The summed E-state index contributed by atoms with van der Waals surface area (Å²) in [5, 5.41) is 5.58. The largest absolute Gasteiger partial charge is 0.494 e. The number of rotatable bonds is 15. The van der Waals surface area contributed by atoms with Crippen LogP contribution in [0.2, 0.25) is 0 Å². The predicted molar refractivity (Wildman–Crippen MR) is 133 cm³/mol. The van der Waals surface area contributed by atoms with E-state index in [0.717, 1.165) is 67.0 Å². The molecule has 0 bridgehead atoms. The van der Waals surface area contributed by atoms with Gasteiger partial charge in [0.05, 0.1) is 6.61 Å². The standard InChI is InChI=1S/C23H34BrNO2S.ClH/c1-25-14-6-2-4-8-16-28(26)17-9-5-3-7-15-27-23-13-11-20-18-22(24)12-10-21(20)19-23;/h10-13,18-19,25H,2-9,14-17H2,1H3;1H. The fourth-order valence-electron chi connectivity index (χ4n) is 3.21. The van der Waals surface area contributed by atoms with E-state index in [9.17, 15) is 4.21 Å². The van der Waals surface area contributed by atoms with Crippen molar-refractivity contribution in [3.63, 3.8) is 0 Å². The highest BCUT2D eigenvalue weighted by Crippen LogP contribution is 2.24. The van der Waals surface area contributed by atoms with Crippen molar-refractivity contribution < 1.29 is 8.95 Å². The van der Waals surface area contributed by atoms with Crippen LogP contribution in [0.1, 0.15) is 51.4 Å². The van der Waals surface area contributed by atoms with Crippen LogP contribution in [-0.4, -0.2) is 35.9 Å². The molecule has 164 valence electrons. The molecule has 0 radical (unpaired) electrons. The van der Waals surface area contributed by atoms with Crippen molar-refractivity contribution in [1.29, 1.82) is 0 Å². The van der Waals surface area contributed by atoms with Crippen LogP contribution in [-0.2, 0) is 10.8 Å². The zero-order valence-electron chi connectivity index (χ0n) is 17.5. The van der Waals surface area contributed by atoms with E-state index in [1.54, 1.807) is 0 Å². The van der Waals surface area contributed by atoms with Gasteiger partial charge in [0.15, 0.2) is 0 Å². The number of hydrogen-bond donors (Lipinski definition) is 1. The molecular formula is C23H35BrClNO2S. The van der Waals surface area contributed by atoms with E-state index in [-0.39, 0.29) is 12.4 Å². The van der Waals surface area contributed by atoms with Gasteiger partial charge in [0.2, 0.25) is 0 Å². The number of unbranched alkanes of at least 4 members (excludes halogenated alkanes) is 6. The van der Waals surface area contributed by atoms with Crippen molar-refractivity contribution in [2.24, 2.45) is 0 Å². The summed E-state index contributed by atoms with van der Waals surface area (Å²) in [7, 11) is 1.36. The monoisotopic (exact) mass is 503 g/mol. The molecule has 2 aromatic carbocycles. The Kier molecular flexibility index (Phi) is 14.7. The Morgan fingerprint density at radius 2 is 1.48 bits per heavy atom. The van der Waals surface area contributed by atoms with E-state index in [2.05, 4.69) is 51.6 Å². The minimum atomic E-state index is -0.630. The molecule has 0 fully saturated rings. The second kappa shape index (κ2) is 16.1. The van der Waals surface area contributed by atoms with Gasteiger partial charge in [-0.05, 0) is 74.3 Å². The molecule has 0 aliphatic rings. The molecule has 3 nitrogen and oxygen atoms in total. The quantitative estimate of drug-likeness (QED) is 0.282. The highest BCUT2D eigenvalue weighted by atomic mass is 79.9. The first-order chi connectivity index (χ1) is 13.7. The Morgan fingerprint density at radius 3 is 2.21 bits per heavy atom. The number of hydrogen-bond acceptors (Lipinski definition) is 3. The second-order valence-electron chi connectivity index (χ2n) is 7.28. The predicted octanol–water partition coefficient (Wildman–Crippen LogP) is 6.49. The SMILES string of the molecule is CNCCCCCCS(=O)CCCCCCOc1ccc2cc(Br)ccc2c1.Cl. The van der Waals surface area contributed by atoms with Crippen molar-refractivity contribution in [3.05, 3.63) is 40.9 Å². The third-order valence-corrected chi connectivity index (χ3v) is 6.84. The zero-order chi connectivity index (χ0) is 20.0. The summed E-state index contributed by atoms with van der Waals surface area (Å²) in [4.78, 5) is 0. The van der Waals surface area contributed by atoms with E-state index in [1.807, 2.05) is 13.1 Å². The van der Waals surface area contributed by atoms with Gasteiger partial charge in [-0.15, -0.1) is 12.4 Å². The normalized spacial score (nSPS) is 11.9. The van der Waals surface area contributed by atoms with Crippen LogP contribution in [0.4, 0.5) is 0 Å². The topological polar surface area (TPSA) is 38.3 Å². The number of halogens is 2. The summed E-state index contributed by atoms with van der Waals surface area (Å²) in [6.07, 6.45) is 9.18. The van der Waals surface area contributed by atoms with Gasteiger partial charge in [0.25, 0.3) is 0 Å². The average Bonchev–Trinajstić information content (AvgIpc) is 2.70. The van der Waals surface area contributed by atoms with Crippen molar-refractivity contribution in [2.75, 3.05) is 31.7 Å². The number of nitrogens with one attached hydrogen (secondary N) is 1. The Morgan fingerprint density at radius 1 is 0.862 bits per heavy atom. The van der Waals surface area contributed by atoms with Crippen molar-refractivity contribution in [2.45, 2.75) is 51.4 Å². The lowest BCUT2D eigenvalue weighted by Gasteiger charge is -2.08. The van der Waals surface area contributed by atoms with E-state index >= 15 is 0 Å². The minimum absolute atomic E-state index is 0. The van der Waals surface area contributed by atoms with E-state index < -0.39 is 10.8 Å². The minimum Gasteiger partial charge on any atom is -0.494 e. The van der Waals surface area contributed by atoms with Crippen LogP contribution in [0.15, 0.2) is 40.9 Å². The van der Waals surface area contributed by atoms with Crippen LogP contribution in [0, 0.1) is 0 Å². The average molecular weight is 505 g/mol. The molecule has 0 aliphatic heterocycles. The number of fused-ring (bicyclic) bond motifs is 1. The van der Waals surface area contributed by atoms with E-state index in [0.29, 0.717) is 0 Å². The third-order valence-electron chi connectivity index (χ3n) is 4.86. The molecule has 6 heteroatoms. The summed E-state index contributed by atoms with van der Waals surface area (Å²) >= 11 is 3.50. The molecule has 2 rings (SSSR count).